The molecule has 0 radical (unpaired) electrons. The fraction of sp³-hybridized carbons (Fsp3) is 0.375. The van der Waals surface area contributed by atoms with E-state index in [2.05, 4.69) is 10.6 Å². The minimum absolute atomic E-state index is 0.0109. The van der Waals surface area contributed by atoms with Crippen LogP contribution >= 0.6 is 0 Å². The number of amides is 1. The number of hydrogen-bond acceptors (Lipinski definition) is 10. The molecule has 0 aromatic heterocycles. The quantitative estimate of drug-likeness (QED) is 0.128. The summed E-state index contributed by atoms with van der Waals surface area (Å²) >= 11 is 0. The molecule has 1 amide bonds. The van der Waals surface area contributed by atoms with E-state index in [-0.39, 0.29) is 45.4 Å². The molecular weight excluding hydrogens is 556 g/mol. The van der Waals surface area contributed by atoms with Crippen molar-refractivity contribution in [1.82, 2.24) is 5.32 Å². The van der Waals surface area contributed by atoms with E-state index in [1.165, 1.54) is 41.1 Å². The maximum atomic E-state index is 13.9. The number of rotatable bonds is 11. The summed E-state index contributed by atoms with van der Waals surface area (Å²) in [4.78, 5) is 51.6. The number of unbranched alkanes of at least 4 members (excludes halogenated alkanes) is 2. The SMILES string of the molecule is COc1ccc(NC(=O)CCCCCN/C(C)=C2/C(=O)C=C3Oc4c(C(C)=O)c(O)c(C)c(O)c4[C@]3(C)C2=O)cc1OC. The Morgan fingerprint density at radius 1 is 1.00 bits per heavy atom. The lowest BCUT2D eigenvalue weighted by molar-refractivity contribution is -0.123. The molecule has 0 unspecified atom stereocenters. The van der Waals surface area contributed by atoms with E-state index in [0.717, 1.165) is 6.42 Å². The molecule has 0 bridgehead atoms. The van der Waals surface area contributed by atoms with E-state index in [9.17, 15) is 29.4 Å². The minimum Gasteiger partial charge on any atom is -0.507 e. The maximum absolute atomic E-state index is 13.9. The molecule has 1 aliphatic heterocycles. The second-order valence-electron chi connectivity index (χ2n) is 10.7. The molecule has 228 valence electrons. The largest absolute Gasteiger partial charge is 0.507 e. The standard InChI is InChI=1S/C32H36N2O9/c1-16-28(38)26(18(3)35)30-27(29(16)39)32(4)23(43-30)15-20(36)25(31(32)40)17(2)33-13-9-7-8-10-24(37)34-19-11-12-21(41-5)22(14-19)42-6/h11-12,14-15,33,38-39H,7-10,13H2,1-6H3,(H,34,37)/b25-17-/t32-/m1/s1. The van der Waals surface area contributed by atoms with E-state index in [0.29, 0.717) is 48.7 Å². The van der Waals surface area contributed by atoms with Crippen LogP contribution < -0.4 is 24.8 Å². The maximum Gasteiger partial charge on any atom is 0.224 e. The zero-order chi connectivity index (χ0) is 31.6. The van der Waals surface area contributed by atoms with E-state index in [1.54, 1.807) is 25.1 Å². The van der Waals surface area contributed by atoms with Crippen LogP contribution in [0.4, 0.5) is 5.69 Å². The molecule has 1 atom stereocenters. The average molecular weight is 593 g/mol. The van der Waals surface area contributed by atoms with Crippen molar-refractivity contribution in [2.24, 2.45) is 0 Å². The van der Waals surface area contributed by atoms with Gasteiger partial charge in [-0.1, -0.05) is 6.42 Å². The van der Waals surface area contributed by atoms with Gasteiger partial charge in [-0.2, -0.15) is 0 Å². The van der Waals surface area contributed by atoms with Gasteiger partial charge in [0.05, 0.1) is 25.4 Å². The van der Waals surface area contributed by atoms with Crippen molar-refractivity contribution in [2.75, 3.05) is 26.1 Å². The van der Waals surface area contributed by atoms with Crippen molar-refractivity contribution in [1.29, 1.82) is 0 Å². The number of ether oxygens (including phenoxy) is 3. The van der Waals surface area contributed by atoms with E-state index < -0.39 is 28.5 Å². The second-order valence-corrected chi connectivity index (χ2v) is 10.7. The van der Waals surface area contributed by atoms with Crippen molar-refractivity contribution >= 4 is 28.9 Å². The predicted octanol–water partition coefficient (Wildman–Crippen LogP) is 4.37. The van der Waals surface area contributed by atoms with Crippen molar-refractivity contribution in [2.45, 2.75) is 58.8 Å². The van der Waals surface area contributed by atoms with Gasteiger partial charge >= 0.3 is 0 Å². The molecule has 2 aromatic rings. The smallest absolute Gasteiger partial charge is 0.224 e. The lowest BCUT2D eigenvalue weighted by Gasteiger charge is -2.29. The minimum atomic E-state index is -1.56. The number of fused-ring (bicyclic) bond motifs is 3. The number of aromatic hydroxyl groups is 2. The van der Waals surface area contributed by atoms with Gasteiger partial charge in [0.25, 0.3) is 0 Å². The molecule has 43 heavy (non-hydrogen) atoms. The molecule has 1 aliphatic carbocycles. The summed E-state index contributed by atoms with van der Waals surface area (Å²) in [5.74, 6) is -1.64. The fourth-order valence-corrected chi connectivity index (χ4v) is 5.45. The van der Waals surface area contributed by atoms with Crippen LogP contribution in [0.2, 0.25) is 0 Å². The third-order valence-corrected chi connectivity index (χ3v) is 7.90. The number of ketones is 3. The predicted molar refractivity (Wildman–Crippen MR) is 158 cm³/mol. The molecule has 2 aliphatic rings. The van der Waals surface area contributed by atoms with Gasteiger partial charge in [0.15, 0.2) is 28.8 Å². The van der Waals surface area contributed by atoms with Crippen LogP contribution in [0.1, 0.15) is 67.9 Å². The Hall–Kier alpha value is -4.80. The first-order valence-corrected chi connectivity index (χ1v) is 13.9. The second kappa shape index (κ2) is 12.2. The number of methoxy groups -OCH3 is 2. The van der Waals surface area contributed by atoms with Gasteiger partial charge in [-0.3, -0.25) is 19.2 Å². The van der Waals surface area contributed by atoms with Gasteiger partial charge in [-0.05, 0) is 52.7 Å². The highest BCUT2D eigenvalue weighted by molar-refractivity contribution is 6.31. The summed E-state index contributed by atoms with van der Waals surface area (Å²) in [7, 11) is 3.06. The number of phenolic OH excluding ortho intramolecular Hbond substituents is 2. The number of Topliss-reactive ketones (excluding diaryl/α,β-unsaturated/α-hetero) is 2. The van der Waals surface area contributed by atoms with Crippen molar-refractivity contribution in [3.05, 3.63) is 58.0 Å². The molecule has 11 nitrogen and oxygen atoms in total. The Labute approximate surface area is 249 Å². The van der Waals surface area contributed by atoms with Crippen LogP contribution in [-0.4, -0.2) is 54.2 Å². The van der Waals surface area contributed by atoms with Gasteiger partial charge in [0, 0.05) is 42.1 Å². The molecule has 0 saturated carbocycles. The number of allylic oxidation sites excluding steroid dienone is 4. The van der Waals surface area contributed by atoms with Gasteiger partial charge in [-0.15, -0.1) is 0 Å². The molecule has 11 heteroatoms. The van der Waals surface area contributed by atoms with Crippen LogP contribution in [0, 0.1) is 6.92 Å². The summed E-state index contributed by atoms with van der Waals surface area (Å²) < 4.78 is 16.3. The van der Waals surface area contributed by atoms with Crippen LogP contribution in [0.3, 0.4) is 0 Å². The van der Waals surface area contributed by atoms with Crippen molar-refractivity contribution in [3.8, 4) is 28.7 Å². The van der Waals surface area contributed by atoms with Gasteiger partial charge in [-0.25, -0.2) is 0 Å². The topological polar surface area (TPSA) is 160 Å². The monoisotopic (exact) mass is 592 g/mol. The summed E-state index contributed by atoms with van der Waals surface area (Å²) in [6, 6.07) is 5.14. The molecule has 4 rings (SSSR count). The summed E-state index contributed by atoms with van der Waals surface area (Å²) in [5, 5.41) is 27.4. The Morgan fingerprint density at radius 2 is 1.70 bits per heavy atom. The van der Waals surface area contributed by atoms with Gasteiger partial charge in [0.2, 0.25) is 5.91 Å². The van der Waals surface area contributed by atoms with E-state index >= 15 is 0 Å². The Kier molecular flexibility index (Phi) is 8.84. The normalized spacial score (nSPS) is 18.2. The Balaban J connectivity index is 1.39. The molecule has 0 spiro atoms. The first-order valence-electron chi connectivity index (χ1n) is 13.9. The average Bonchev–Trinajstić information content (AvgIpc) is 3.25. The number of carbonyl (C=O) groups excluding carboxylic acids is 4. The third kappa shape index (κ3) is 5.54. The van der Waals surface area contributed by atoms with Crippen LogP contribution in [-0.2, 0) is 19.8 Å². The van der Waals surface area contributed by atoms with Crippen LogP contribution in [0.25, 0.3) is 0 Å². The zero-order valence-electron chi connectivity index (χ0n) is 25.1. The number of hydrogen-bond donors (Lipinski definition) is 4. The lowest BCUT2D eigenvalue weighted by atomic mass is 9.70. The first-order chi connectivity index (χ1) is 20.4. The van der Waals surface area contributed by atoms with Crippen molar-refractivity contribution < 1.29 is 43.6 Å². The molecule has 0 saturated heterocycles. The molecule has 2 aromatic carbocycles. The van der Waals surface area contributed by atoms with Crippen molar-refractivity contribution in [3.63, 3.8) is 0 Å². The van der Waals surface area contributed by atoms with Gasteiger partial charge in [0.1, 0.15) is 34.0 Å². The number of nitrogens with one attached hydrogen (secondary N) is 2. The Bertz CT molecular complexity index is 1590. The number of phenols is 2. The zero-order valence-corrected chi connectivity index (χ0v) is 25.1. The fourth-order valence-electron chi connectivity index (χ4n) is 5.45. The molecule has 4 N–H and O–H groups in total. The molecule has 1 heterocycles. The van der Waals surface area contributed by atoms with Crippen LogP contribution in [0.15, 0.2) is 41.3 Å². The Morgan fingerprint density at radius 3 is 2.35 bits per heavy atom. The highest BCUT2D eigenvalue weighted by Crippen LogP contribution is 2.57. The summed E-state index contributed by atoms with van der Waals surface area (Å²) in [5.41, 5.74) is -0.729. The summed E-state index contributed by atoms with van der Waals surface area (Å²) in [6.07, 6.45) is 3.55. The number of anilines is 1. The third-order valence-electron chi connectivity index (χ3n) is 7.90. The molecular formula is C32H36N2O9. The van der Waals surface area contributed by atoms with E-state index in [4.69, 9.17) is 14.2 Å². The highest BCUT2D eigenvalue weighted by Gasteiger charge is 2.56. The highest BCUT2D eigenvalue weighted by atomic mass is 16.5. The van der Waals surface area contributed by atoms with Crippen LogP contribution in [0.5, 0.6) is 28.7 Å². The molecule has 0 fully saturated rings. The first kappa shape index (κ1) is 31.1. The number of carbonyl (C=O) groups is 4. The summed E-state index contributed by atoms with van der Waals surface area (Å²) in [6.45, 7) is 6.29. The lowest BCUT2D eigenvalue weighted by Crippen LogP contribution is -2.41. The number of benzene rings is 2. The van der Waals surface area contributed by atoms with E-state index in [1.807, 2.05) is 0 Å². The van der Waals surface area contributed by atoms with Gasteiger partial charge < -0.3 is 35.1 Å².